The van der Waals surface area contributed by atoms with Crippen LogP contribution in [0.5, 0.6) is 0 Å². The predicted molar refractivity (Wildman–Crippen MR) is 93.3 cm³/mol. The Labute approximate surface area is 145 Å². The van der Waals surface area contributed by atoms with Gasteiger partial charge in [0.05, 0.1) is 5.69 Å². The maximum atomic E-state index is 13.2. The lowest BCUT2D eigenvalue weighted by atomic mass is 10.1. The molecule has 0 bridgehead atoms. The SMILES string of the molecule is CN(C)c1nc2c(c(=O)[nH]1)CCN(Cc1ccc(F)cc1Cl)CC2. The van der Waals surface area contributed by atoms with E-state index in [0.717, 1.165) is 29.9 Å². The number of aromatic nitrogens is 2. The molecule has 24 heavy (non-hydrogen) atoms. The van der Waals surface area contributed by atoms with Crippen molar-refractivity contribution in [1.29, 1.82) is 0 Å². The number of hydrogen-bond donors (Lipinski definition) is 1. The van der Waals surface area contributed by atoms with E-state index < -0.39 is 0 Å². The van der Waals surface area contributed by atoms with Gasteiger partial charge in [-0.15, -0.1) is 0 Å². The van der Waals surface area contributed by atoms with Crippen molar-refractivity contribution in [2.24, 2.45) is 0 Å². The second-order valence-corrected chi connectivity index (χ2v) is 6.63. The van der Waals surface area contributed by atoms with Gasteiger partial charge >= 0.3 is 0 Å². The summed E-state index contributed by atoms with van der Waals surface area (Å²) >= 11 is 6.12. The highest BCUT2D eigenvalue weighted by Crippen LogP contribution is 2.21. The number of aromatic amines is 1. The first-order valence-corrected chi connectivity index (χ1v) is 8.27. The van der Waals surface area contributed by atoms with Crippen molar-refractivity contribution in [2.75, 3.05) is 32.1 Å². The number of halogens is 2. The van der Waals surface area contributed by atoms with Crippen LogP contribution in [-0.4, -0.2) is 42.1 Å². The summed E-state index contributed by atoms with van der Waals surface area (Å²) in [6, 6.07) is 4.47. The Morgan fingerprint density at radius 3 is 2.79 bits per heavy atom. The van der Waals surface area contributed by atoms with Gasteiger partial charge in [-0.3, -0.25) is 14.7 Å². The number of nitrogens with zero attached hydrogens (tertiary/aromatic N) is 3. The molecule has 0 aliphatic carbocycles. The van der Waals surface area contributed by atoms with E-state index in [9.17, 15) is 9.18 Å². The fourth-order valence-electron chi connectivity index (χ4n) is 2.90. The molecule has 3 rings (SSSR count). The van der Waals surface area contributed by atoms with Gasteiger partial charge in [0.15, 0.2) is 0 Å². The van der Waals surface area contributed by atoms with Crippen LogP contribution in [0.4, 0.5) is 10.3 Å². The van der Waals surface area contributed by atoms with Gasteiger partial charge in [-0.25, -0.2) is 9.37 Å². The predicted octanol–water partition coefficient (Wildman–Crippen LogP) is 2.23. The first-order valence-electron chi connectivity index (χ1n) is 7.89. The minimum absolute atomic E-state index is 0.0645. The van der Waals surface area contributed by atoms with Crippen molar-refractivity contribution in [1.82, 2.24) is 14.9 Å². The second-order valence-electron chi connectivity index (χ2n) is 6.22. The average molecular weight is 351 g/mol. The van der Waals surface area contributed by atoms with Crippen molar-refractivity contribution in [3.8, 4) is 0 Å². The van der Waals surface area contributed by atoms with Gasteiger partial charge in [-0.05, 0) is 24.1 Å². The zero-order valence-corrected chi connectivity index (χ0v) is 14.5. The summed E-state index contributed by atoms with van der Waals surface area (Å²) in [4.78, 5) is 23.7. The molecular weight excluding hydrogens is 331 g/mol. The van der Waals surface area contributed by atoms with E-state index >= 15 is 0 Å². The lowest BCUT2D eigenvalue weighted by molar-refractivity contribution is 0.279. The van der Waals surface area contributed by atoms with Crippen LogP contribution in [0.25, 0.3) is 0 Å². The molecule has 1 aromatic carbocycles. The quantitative estimate of drug-likeness (QED) is 0.922. The topological polar surface area (TPSA) is 52.2 Å². The normalized spacial score (nSPS) is 15.0. The molecule has 0 fully saturated rings. The Morgan fingerprint density at radius 1 is 1.33 bits per heavy atom. The molecule has 0 spiro atoms. The molecule has 0 saturated heterocycles. The Hall–Kier alpha value is -1.92. The van der Waals surface area contributed by atoms with E-state index in [2.05, 4.69) is 14.9 Å². The summed E-state index contributed by atoms with van der Waals surface area (Å²) in [6.07, 6.45) is 1.35. The Morgan fingerprint density at radius 2 is 2.08 bits per heavy atom. The van der Waals surface area contributed by atoms with E-state index in [0.29, 0.717) is 30.4 Å². The number of nitrogens with one attached hydrogen (secondary N) is 1. The lowest BCUT2D eigenvalue weighted by Crippen LogP contribution is -2.26. The molecule has 1 N–H and O–H groups in total. The van der Waals surface area contributed by atoms with Crippen LogP contribution in [0.2, 0.25) is 5.02 Å². The monoisotopic (exact) mass is 350 g/mol. The third-order valence-electron chi connectivity index (χ3n) is 4.26. The molecule has 1 aromatic heterocycles. The van der Waals surface area contributed by atoms with E-state index in [1.54, 1.807) is 11.0 Å². The summed E-state index contributed by atoms with van der Waals surface area (Å²) in [7, 11) is 3.70. The van der Waals surface area contributed by atoms with Crippen LogP contribution in [0.15, 0.2) is 23.0 Å². The average Bonchev–Trinajstić information content (AvgIpc) is 2.73. The number of benzene rings is 1. The molecule has 0 amide bonds. The van der Waals surface area contributed by atoms with E-state index in [-0.39, 0.29) is 11.4 Å². The van der Waals surface area contributed by atoms with Crippen molar-refractivity contribution >= 4 is 17.5 Å². The van der Waals surface area contributed by atoms with Gasteiger partial charge in [0.2, 0.25) is 5.95 Å². The third kappa shape index (κ3) is 3.60. The zero-order chi connectivity index (χ0) is 17.3. The van der Waals surface area contributed by atoms with E-state index in [1.807, 2.05) is 14.1 Å². The highest BCUT2D eigenvalue weighted by Gasteiger charge is 2.19. The Balaban J connectivity index is 1.78. The molecule has 2 heterocycles. The number of rotatable bonds is 3. The van der Waals surface area contributed by atoms with Crippen LogP contribution < -0.4 is 10.5 Å². The first kappa shape index (κ1) is 16.9. The lowest BCUT2D eigenvalue weighted by Gasteiger charge is -2.20. The first-order chi connectivity index (χ1) is 11.4. The van der Waals surface area contributed by atoms with Crippen molar-refractivity contribution in [3.63, 3.8) is 0 Å². The molecule has 5 nitrogen and oxygen atoms in total. The van der Waals surface area contributed by atoms with Crippen molar-refractivity contribution in [3.05, 3.63) is 56.2 Å². The maximum absolute atomic E-state index is 13.2. The molecule has 1 aliphatic rings. The molecular formula is C17H20ClFN4O. The maximum Gasteiger partial charge on any atom is 0.255 e. The smallest absolute Gasteiger partial charge is 0.255 e. The van der Waals surface area contributed by atoms with Crippen LogP contribution in [0.3, 0.4) is 0 Å². The molecule has 0 unspecified atom stereocenters. The summed E-state index contributed by atoms with van der Waals surface area (Å²) in [5, 5.41) is 0.433. The standard InChI is InChI=1S/C17H20ClFN4O/c1-22(2)17-20-15-6-8-23(7-5-13(15)16(24)21-17)10-11-3-4-12(19)9-14(11)18/h3-4,9H,5-8,10H2,1-2H3,(H,20,21,24). The fraction of sp³-hybridized carbons (Fsp3) is 0.412. The Bertz CT molecular complexity index is 806. The van der Waals surface area contributed by atoms with Crippen LogP contribution in [0.1, 0.15) is 16.8 Å². The number of H-pyrrole nitrogens is 1. The molecule has 0 radical (unpaired) electrons. The fourth-order valence-corrected chi connectivity index (χ4v) is 3.13. The molecule has 7 heteroatoms. The summed E-state index contributed by atoms with van der Waals surface area (Å²) in [5.74, 6) is 0.243. The zero-order valence-electron chi connectivity index (χ0n) is 13.8. The van der Waals surface area contributed by atoms with Crippen molar-refractivity contribution in [2.45, 2.75) is 19.4 Å². The van der Waals surface area contributed by atoms with Gasteiger partial charge in [-0.1, -0.05) is 17.7 Å². The van der Waals surface area contributed by atoms with Crippen LogP contribution >= 0.6 is 11.6 Å². The minimum Gasteiger partial charge on any atom is -0.348 e. The summed E-state index contributed by atoms with van der Waals surface area (Å²) in [5.41, 5.74) is 2.44. The largest absolute Gasteiger partial charge is 0.348 e. The van der Waals surface area contributed by atoms with E-state index in [4.69, 9.17) is 11.6 Å². The number of fused-ring (bicyclic) bond motifs is 1. The van der Waals surface area contributed by atoms with Gasteiger partial charge in [0.25, 0.3) is 5.56 Å². The third-order valence-corrected chi connectivity index (χ3v) is 4.62. The van der Waals surface area contributed by atoms with Gasteiger partial charge < -0.3 is 4.90 Å². The van der Waals surface area contributed by atoms with E-state index in [1.165, 1.54) is 12.1 Å². The summed E-state index contributed by atoms with van der Waals surface area (Å²) in [6.45, 7) is 2.16. The van der Waals surface area contributed by atoms with Gasteiger partial charge in [0.1, 0.15) is 5.82 Å². The van der Waals surface area contributed by atoms with Crippen LogP contribution in [-0.2, 0) is 19.4 Å². The van der Waals surface area contributed by atoms with Crippen molar-refractivity contribution < 1.29 is 4.39 Å². The molecule has 1 aliphatic heterocycles. The number of anilines is 1. The summed E-state index contributed by atoms with van der Waals surface area (Å²) < 4.78 is 13.2. The molecule has 0 atom stereocenters. The Kier molecular flexibility index (Phi) is 4.87. The highest BCUT2D eigenvalue weighted by atomic mass is 35.5. The van der Waals surface area contributed by atoms with Gasteiger partial charge in [-0.2, -0.15) is 0 Å². The number of hydrogen-bond acceptors (Lipinski definition) is 4. The molecule has 0 saturated carbocycles. The molecule has 2 aromatic rings. The minimum atomic E-state index is -0.334. The molecule has 128 valence electrons. The highest BCUT2D eigenvalue weighted by molar-refractivity contribution is 6.31. The van der Waals surface area contributed by atoms with Gasteiger partial charge in [0, 0.05) is 50.7 Å². The second kappa shape index (κ2) is 6.91. The van der Waals surface area contributed by atoms with Crippen LogP contribution in [0, 0.1) is 5.82 Å².